The number of hydrogen-bond acceptors (Lipinski definition) is 6. The summed E-state index contributed by atoms with van der Waals surface area (Å²) in [5.74, 6) is 1.32. The first-order valence-corrected chi connectivity index (χ1v) is 12.4. The van der Waals surface area contributed by atoms with Crippen molar-refractivity contribution in [2.24, 2.45) is 7.05 Å². The van der Waals surface area contributed by atoms with Gasteiger partial charge >= 0.3 is 0 Å². The van der Waals surface area contributed by atoms with Crippen LogP contribution < -0.4 is 19.5 Å². The fourth-order valence-electron chi connectivity index (χ4n) is 3.75. The molecule has 0 aliphatic carbocycles. The van der Waals surface area contributed by atoms with Crippen molar-refractivity contribution in [3.63, 3.8) is 0 Å². The van der Waals surface area contributed by atoms with Crippen molar-refractivity contribution >= 4 is 32.7 Å². The third-order valence-electron chi connectivity index (χ3n) is 5.54. The summed E-state index contributed by atoms with van der Waals surface area (Å²) in [6, 6.07) is 16.8. The second-order valence-electron chi connectivity index (χ2n) is 7.76. The maximum Gasteiger partial charge on any atom is 0.262 e. The SMILES string of the molecule is CCNC(=O)c1ccc(-c2nc3cc(NS(=O)(=O)c4ccc(OC)c(OC)c4)ccc3n2C)cc1. The van der Waals surface area contributed by atoms with Crippen molar-refractivity contribution in [3.8, 4) is 22.9 Å². The predicted octanol–water partition coefficient (Wildman–Crippen LogP) is 3.81. The topological polar surface area (TPSA) is 112 Å². The van der Waals surface area contributed by atoms with Crippen molar-refractivity contribution in [3.05, 3.63) is 66.2 Å². The first-order chi connectivity index (χ1) is 16.8. The molecule has 1 aromatic heterocycles. The highest BCUT2D eigenvalue weighted by Crippen LogP contribution is 2.31. The Labute approximate surface area is 203 Å². The molecule has 0 bridgehead atoms. The molecule has 2 N–H and O–H groups in total. The molecule has 1 heterocycles. The zero-order chi connectivity index (χ0) is 25.2. The second kappa shape index (κ2) is 9.67. The smallest absolute Gasteiger partial charge is 0.262 e. The molecule has 0 aliphatic heterocycles. The number of methoxy groups -OCH3 is 2. The van der Waals surface area contributed by atoms with Crippen LogP contribution in [0.1, 0.15) is 17.3 Å². The molecular formula is C25H26N4O5S. The Bertz CT molecular complexity index is 1490. The van der Waals surface area contributed by atoms with Crippen LogP contribution in [0, 0.1) is 0 Å². The molecule has 35 heavy (non-hydrogen) atoms. The summed E-state index contributed by atoms with van der Waals surface area (Å²) in [7, 11) is 0.944. The van der Waals surface area contributed by atoms with E-state index in [0.29, 0.717) is 40.6 Å². The summed E-state index contributed by atoms with van der Waals surface area (Å²) in [6.45, 7) is 2.43. The van der Waals surface area contributed by atoms with E-state index in [1.165, 1.54) is 26.4 Å². The van der Waals surface area contributed by atoms with Crippen LogP contribution in [-0.2, 0) is 17.1 Å². The number of imidazole rings is 1. The monoisotopic (exact) mass is 494 g/mol. The fourth-order valence-corrected chi connectivity index (χ4v) is 4.82. The molecule has 10 heteroatoms. The van der Waals surface area contributed by atoms with Gasteiger partial charge in [0.15, 0.2) is 11.5 Å². The van der Waals surface area contributed by atoms with Crippen molar-refractivity contribution < 1.29 is 22.7 Å². The molecule has 0 spiro atoms. The molecule has 182 valence electrons. The van der Waals surface area contributed by atoms with Crippen LogP contribution in [0.3, 0.4) is 0 Å². The number of aryl methyl sites for hydroxylation is 1. The summed E-state index contributed by atoms with van der Waals surface area (Å²) in [6.07, 6.45) is 0. The summed E-state index contributed by atoms with van der Waals surface area (Å²) in [5.41, 5.74) is 3.25. The van der Waals surface area contributed by atoms with Gasteiger partial charge in [-0.1, -0.05) is 12.1 Å². The number of benzene rings is 3. The number of hydrogen-bond donors (Lipinski definition) is 2. The Morgan fingerprint density at radius 1 is 0.971 bits per heavy atom. The molecule has 4 aromatic rings. The Hall–Kier alpha value is -4.05. The fraction of sp³-hybridized carbons (Fsp3) is 0.200. The van der Waals surface area contributed by atoms with Gasteiger partial charge < -0.3 is 19.4 Å². The largest absolute Gasteiger partial charge is 0.493 e. The van der Waals surface area contributed by atoms with Crippen LogP contribution in [0.2, 0.25) is 0 Å². The number of aromatic nitrogens is 2. The highest BCUT2D eigenvalue weighted by atomic mass is 32.2. The Morgan fingerprint density at radius 3 is 2.34 bits per heavy atom. The number of nitrogens with one attached hydrogen (secondary N) is 2. The Kier molecular flexibility index (Phi) is 6.65. The predicted molar refractivity (Wildman–Crippen MR) is 135 cm³/mol. The average molecular weight is 495 g/mol. The van der Waals surface area contributed by atoms with E-state index in [1.807, 2.05) is 30.7 Å². The molecular weight excluding hydrogens is 468 g/mol. The van der Waals surface area contributed by atoms with Gasteiger partial charge in [0, 0.05) is 30.8 Å². The number of amides is 1. The molecule has 0 aliphatic rings. The molecule has 3 aromatic carbocycles. The van der Waals surface area contributed by atoms with E-state index in [-0.39, 0.29) is 10.8 Å². The lowest BCUT2D eigenvalue weighted by atomic mass is 10.1. The van der Waals surface area contributed by atoms with Gasteiger partial charge in [0.05, 0.1) is 35.8 Å². The number of nitrogens with zero attached hydrogens (tertiary/aromatic N) is 2. The lowest BCUT2D eigenvalue weighted by Crippen LogP contribution is -2.22. The minimum atomic E-state index is -3.87. The van der Waals surface area contributed by atoms with E-state index >= 15 is 0 Å². The van der Waals surface area contributed by atoms with Gasteiger partial charge in [-0.05, 0) is 49.4 Å². The molecule has 0 saturated carbocycles. The van der Waals surface area contributed by atoms with E-state index in [1.54, 1.807) is 36.4 Å². The standard InChI is InChI=1S/C25H26N4O5S/c1-5-26-25(30)17-8-6-16(7-9-17)24-27-20-14-18(10-12-21(20)29(24)2)28-35(31,32)19-11-13-22(33-3)23(15-19)34-4/h6-15,28H,5H2,1-4H3,(H,26,30). The molecule has 0 saturated heterocycles. The second-order valence-corrected chi connectivity index (χ2v) is 9.44. The molecule has 0 atom stereocenters. The van der Waals surface area contributed by atoms with Gasteiger partial charge in [0.1, 0.15) is 5.82 Å². The third kappa shape index (κ3) is 4.78. The third-order valence-corrected chi connectivity index (χ3v) is 6.92. The van der Waals surface area contributed by atoms with E-state index < -0.39 is 10.0 Å². The number of carbonyl (C=O) groups is 1. The van der Waals surface area contributed by atoms with Crippen LogP contribution in [0.25, 0.3) is 22.4 Å². The average Bonchev–Trinajstić information content (AvgIpc) is 3.19. The van der Waals surface area contributed by atoms with E-state index in [9.17, 15) is 13.2 Å². The zero-order valence-electron chi connectivity index (χ0n) is 19.8. The highest BCUT2D eigenvalue weighted by molar-refractivity contribution is 7.92. The highest BCUT2D eigenvalue weighted by Gasteiger charge is 2.18. The number of rotatable bonds is 8. The summed E-state index contributed by atoms with van der Waals surface area (Å²) < 4.78 is 40.8. The number of fused-ring (bicyclic) bond motifs is 1. The lowest BCUT2D eigenvalue weighted by Gasteiger charge is -2.11. The van der Waals surface area contributed by atoms with E-state index in [4.69, 9.17) is 14.5 Å². The van der Waals surface area contributed by atoms with Gasteiger partial charge in [0.25, 0.3) is 15.9 Å². The van der Waals surface area contributed by atoms with Crippen molar-refractivity contribution in [2.45, 2.75) is 11.8 Å². The zero-order valence-corrected chi connectivity index (χ0v) is 20.6. The van der Waals surface area contributed by atoms with Crippen molar-refractivity contribution in [1.29, 1.82) is 0 Å². The number of carbonyl (C=O) groups excluding carboxylic acids is 1. The molecule has 4 rings (SSSR count). The molecule has 0 radical (unpaired) electrons. The maximum absolute atomic E-state index is 13.0. The van der Waals surface area contributed by atoms with Crippen LogP contribution in [-0.4, -0.2) is 44.6 Å². The van der Waals surface area contributed by atoms with Crippen LogP contribution in [0.15, 0.2) is 65.6 Å². The van der Waals surface area contributed by atoms with Crippen LogP contribution in [0.4, 0.5) is 5.69 Å². The van der Waals surface area contributed by atoms with Gasteiger partial charge in [-0.15, -0.1) is 0 Å². The van der Waals surface area contributed by atoms with Crippen molar-refractivity contribution in [1.82, 2.24) is 14.9 Å². The van der Waals surface area contributed by atoms with Crippen LogP contribution in [0.5, 0.6) is 11.5 Å². The minimum absolute atomic E-state index is 0.0455. The van der Waals surface area contributed by atoms with Gasteiger partial charge in [-0.25, -0.2) is 13.4 Å². The quantitative estimate of drug-likeness (QED) is 0.385. The van der Waals surface area contributed by atoms with E-state index in [0.717, 1.165) is 11.1 Å². The number of sulfonamides is 1. The normalized spacial score (nSPS) is 11.3. The van der Waals surface area contributed by atoms with Crippen molar-refractivity contribution in [2.75, 3.05) is 25.5 Å². The number of ether oxygens (including phenoxy) is 2. The minimum Gasteiger partial charge on any atom is -0.493 e. The molecule has 0 fully saturated rings. The lowest BCUT2D eigenvalue weighted by molar-refractivity contribution is 0.0956. The molecule has 9 nitrogen and oxygen atoms in total. The number of anilines is 1. The summed E-state index contributed by atoms with van der Waals surface area (Å²) >= 11 is 0. The van der Waals surface area contributed by atoms with Gasteiger partial charge in [-0.2, -0.15) is 0 Å². The first-order valence-electron chi connectivity index (χ1n) is 10.9. The maximum atomic E-state index is 13.0. The Morgan fingerprint density at radius 2 is 1.69 bits per heavy atom. The van der Waals surface area contributed by atoms with Gasteiger partial charge in [0.2, 0.25) is 0 Å². The summed E-state index contributed by atoms with van der Waals surface area (Å²) in [5, 5.41) is 2.77. The summed E-state index contributed by atoms with van der Waals surface area (Å²) in [4.78, 5) is 16.8. The van der Waals surface area contributed by atoms with E-state index in [2.05, 4.69) is 10.0 Å². The molecule has 1 amide bonds. The van der Waals surface area contributed by atoms with Gasteiger partial charge in [-0.3, -0.25) is 9.52 Å². The Balaban J connectivity index is 1.63. The van der Waals surface area contributed by atoms with Crippen LogP contribution >= 0.6 is 0 Å². The first kappa shape index (κ1) is 24.1. The molecule has 0 unspecified atom stereocenters.